The van der Waals surface area contributed by atoms with E-state index in [4.69, 9.17) is 5.73 Å². The van der Waals surface area contributed by atoms with Crippen LogP contribution < -0.4 is 10.6 Å². The van der Waals surface area contributed by atoms with Crippen LogP contribution in [0.5, 0.6) is 0 Å². The number of aromatic nitrogens is 2. The van der Waals surface area contributed by atoms with E-state index in [1.165, 1.54) is 32.0 Å². The van der Waals surface area contributed by atoms with Crippen LogP contribution in [-0.4, -0.2) is 23.1 Å². The summed E-state index contributed by atoms with van der Waals surface area (Å²) in [4.78, 5) is 10.4. The fourth-order valence-electron chi connectivity index (χ4n) is 2.50. The van der Waals surface area contributed by atoms with Crippen molar-refractivity contribution in [1.29, 1.82) is 0 Å². The number of rotatable bonds is 2. The van der Waals surface area contributed by atoms with Gasteiger partial charge in [-0.3, -0.25) is 0 Å². The van der Waals surface area contributed by atoms with Gasteiger partial charge in [0.05, 0.1) is 0 Å². The minimum atomic E-state index is 0.542. The van der Waals surface area contributed by atoms with Crippen LogP contribution in [0.1, 0.15) is 32.6 Å². The molecule has 1 saturated carbocycles. The molecule has 2 rings (SSSR count). The first-order valence-electron chi connectivity index (χ1n) is 5.97. The molecule has 0 bridgehead atoms. The maximum Gasteiger partial charge on any atom is 0.134 e. The zero-order chi connectivity index (χ0) is 11.5. The van der Waals surface area contributed by atoms with Crippen molar-refractivity contribution in [1.82, 2.24) is 9.97 Å². The molecule has 4 heteroatoms. The Labute approximate surface area is 96.9 Å². The van der Waals surface area contributed by atoms with Gasteiger partial charge in [-0.2, -0.15) is 0 Å². The fraction of sp³-hybridized carbons (Fsp3) is 0.667. The Kier molecular flexibility index (Phi) is 3.27. The van der Waals surface area contributed by atoms with Gasteiger partial charge in [0.2, 0.25) is 0 Å². The minimum Gasteiger partial charge on any atom is -0.384 e. The normalized spacial score (nSPS) is 25.4. The molecule has 1 heterocycles. The molecule has 1 aromatic heterocycles. The van der Waals surface area contributed by atoms with E-state index in [2.05, 4.69) is 28.8 Å². The molecule has 2 atom stereocenters. The maximum absolute atomic E-state index is 5.68. The largest absolute Gasteiger partial charge is 0.384 e. The van der Waals surface area contributed by atoms with Crippen molar-refractivity contribution in [3.63, 3.8) is 0 Å². The second-order valence-corrected chi connectivity index (χ2v) is 4.84. The van der Waals surface area contributed by atoms with Gasteiger partial charge < -0.3 is 10.6 Å². The molecule has 0 spiro atoms. The number of nitrogens with two attached hydrogens (primary N) is 1. The predicted octanol–water partition coefficient (Wildman–Crippen LogP) is 2.07. The third-order valence-corrected chi connectivity index (χ3v) is 3.49. The van der Waals surface area contributed by atoms with E-state index in [9.17, 15) is 0 Å². The molecular weight excluding hydrogens is 200 g/mol. The Hall–Kier alpha value is -1.32. The van der Waals surface area contributed by atoms with Gasteiger partial charge >= 0.3 is 0 Å². The molecule has 1 fully saturated rings. The Morgan fingerprint density at radius 1 is 1.38 bits per heavy atom. The Morgan fingerprint density at radius 2 is 2.19 bits per heavy atom. The summed E-state index contributed by atoms with van der Waals surface area (Å²) in [7, 11) is 2.10. The van der Waals surface area contributed by atoms with Crippen LogP contribution in [0.2, 0.25) is 0 Å². The van der Waals surface area contributed by atoms with Gasteiger partial charge in [-0.1, -0.05) is 19.8 Å². The van der Waals surface area contributed by atoms with Crippen molar-refractivity contribution in [2.75, 3.05) is 17.7 Å². The summed E-state index contributed by atoms with van der Waals surface area (Å²) in [6.07, 6.45) is 6.71. The van der Waals surface area contributed by atoms with Gasteiger partial charge in [-0.15, -0.1) is 0 Å². The Morgan fingerprint density at radius 3 is 2.88 bits per heavy atom. The summed E-state index contributed by atoms with van der Waals surface area (Å²) in [5.74, 6) is 2.30. The van der Waals surface area contributed by atoms with E-state index in [1.54, 1.807) is 0 Å². The fourth-order valence-corrected chi connectivity index (χ4v) is 2.50. The number of anilines is 2. The molecule has 16 heavy (non-hydrogen) atoms. The summed E-state index contributed by atoms with van der Waals surface area (Å²) in [5, 5.41) is 0. The summed E-state index contributed by atoms with van der Waals surface area (Å²) >= 11 is 0. The molecule has 88 valence electrons. The molecule has 1 aliphatic carbocycles. The van der Waals surface area contributed by atoms with E-state index < -0.39 is 0 Å². The summed E-state index contributed by atoms with van der Waals surface area (Å²) < 4.78 is 0. The van der Waals surface area contributed by atoms with Crippen molar-refractivity contribution >= 4 is 11.6 Å². The van der Waals surface area contributed by atoms with Gasteiger partial charge in [0, 0.05) is 19.2 Å². The van der Waals surface area contributed by atoms with Gasteiger partial charge in [-0.25, -0.2) is 9.97 Å². The highest BCUT2D eigenvalue weighted by atomic mass is 15.2. The standard InChI is InChI=1S/C12H20N4/c1-9-4-3-5-10(6-9)16(2)12-7-11(13)14-8-15-12/h7-10H,3-6H2,1-2H3,(H2,13,14,15). The highest BCUT2D eigenvalue weighted by Gasteiger charge is 2.23. The van der Waals surface area contributed by atoms with E-state index >= 15 is 0 Å². The number of nitrogen functional groups attached to an aromatic ring is 1. The lowest BCUT2D eigenvalue weighted by molar-refractivity contribution is 0.335. The van der Waals surface area contributed by atoms with Crippen molar-refractivity contribution in [3.8, 4) is 0 Å². The Bertz CT molecular complexity index is 353. The molecule has 1 aromatic rings. The van der Waals surface area contributed by atoms with Crippen molar-refractivity contribution < 1.29 is 0 Å². The molecule has 0 radical (unpaired) electrons. The summed E-state index contributed by atoms with van der Waals surface area (Å²) in [6.45, 7) is 2.33. The highest BCUT2D eigenvalue weighted by Crippen LogP contribution is 2.28. The Balaban J connectivity index is 2.09. The van der Waals surface area contributed by atoms with Gasteiger partial charge in [0.25, 0.3) is 0 Å². The average Bonchev–Trinajstić information content (AvgIpc) is 2.28. The van der Waals surface area contributed by atoms with Gasteiger partial charge in [-0.05, 0) is 18.8 Å². The van der Waals surface area contributed by atoms with Crippen LogP contribution in [0.25, 0.3) is 0 Å². The molecule has 1 aliphatic rings. The van der Waals surface area contributed by atoms with E-state index in [0.29, 0.717) is 11.9 Å². The molecule has 2 unspecified atom stereocenters. The molecule has 2 N–H and O–H groups in total. The molecule has 0 aromatic carbocycles. The van der Waals surface area contributed by atoms with Crippen molar-refractivity contribution in [2.24, 2.45) is 5.92 Å². The topological polar surface area (TPSA) is 55.0 Å². The van der Waals surface area contributed by atoms with Crippen LogP contribution in [0.3, 0.4) is 0 Å². The second kappa shape index (κ2) is 4.68. The molecular formula is C12H20N4. The van der Waals surface area contributed by atoms with E-state index in [0.717, 1.165) is 11.7 Å². The van der Waals surface area contributed by atoms with Crippen LogP contribution >= 0.6 is 0 Å². The lowest BCUT2D eigenvalue weighted by Gasteiger charge is -2.34. The van der Waals surface area contributed by atoms with Crippen LogP contribution in [0.4, 0.5) is 11.6 Å². The van der Waals surface area contributed by atoms with Crippen LogP contribution in [0.15, 0.2) is 12.4 Å². The van der Waals surface area contributed by atoms with Gasteiger partial charge in [0.15, 0.2) is 0 Å². The monoisotopic (exact) mass is 220 g/mol. The predicted molar refractivity (Wildman–Crippen MR) is 66.3 cm³/mol. The maximum atomic E-state index is 5.68. The van der Waals surface area contributed by atoms with Crippen LogP contribution in [0, 0.1) is 5.92 Å². The summed E-state index contributed by atoms with van der Waals surface area (Å²) in [6, 6.07) is 2.44. The number of hydrogen-bond donors (Lipinski definition) is 1. The molecule has 4 nitrogen and oxygen atoms in total. The average molecular weight is 220 g/mol. The quantitative estimate of drug-likeness (QED) is 0.829. The van der Waals surface area contributed by atoms with E-state index in [1.807, 2.05) is 6.07 Å². The lowest BCUT2D eigenvalue weighted by atomic mass is 9.86. The third kappa shape index (κ3) is 2.43. The highest BCUT2D eigenvalue weighted by molar-refractivity contribution is 5.46. The summed E-state index contributed by atoms with van der Waals surface area (Å²) in [5.41, 5.74) is 5.68. The first kappa shape index (κ1) is 11.2. The SMILES string of the molecule is CC1CCCC(N(C)c2cc(N)ncn2)C1. The molecule has 0 saturated heterocycles. The van der Waals surface area contributed by atoms with E-state index in [-0.39, 0.29) is 0 Å². The smallest absolute Gasteiger partial charge is 0.134 e. The van der Waals surface area contributed by atoms with Crippen molar-refractivity contribution in [3.05, 3.63) is 12.4 Å². The molecule has 0 aliphatic heterocycles. The second-order valence-electron chi connectivity index (χ2n) is 4.84. The minimum absolute atomic E-state index is 0.542. The van der Waals surface area contributed by atoms with Crippen molar-refractivity contribution in [2.45, 2.75) is 38.6 Å². The first-order valence-corrected chi connectivity index (χ1v) is 5.97. The zero-order valence-electron chi connectivity index (χ0n) is 10.1. The first-order chi connectivity index (χ1) is 7.66. The van der Waals surface area contributed by atoms with Gasteiger partial charge in [0.1, 0.15) is 18.0 Å². The number of hydrogen-bond acceptors (Lipinski definition) is 4. The number of nitrogens with zero attached hydrogens (tertiary/aromatic N) is 3. The molecule has 0 amide bonds. The lowest BCUT2D eigenvalue weighted by Crippen LogP contribution is -2.36. The third-order valence-electron chi connectivity index (χ3n) is 3.49. The van der Waals surface area contributed by atoms with Crippen LogP contribution in [-0.2, 0) is 0 Å². The zero-order valence-corrected chi connectivity index (χ0v) is 10.1.